The molecule has 0 amide bonds. The van der Waals surface area contributed by atoms with E-state index in [0.29, 0.717) is 12.6 Å². The second kappa shape index (κ2) is 4.08. The Hall–Kier alpha value is -1.04. The number of anilines is 1. The van der Waals surface area contributed by atoms with Crippen LogP contribution in [-0.4, -0.2) is 31.9 Å². The fourth-order valence-electron chi connectivity index (χ4n) is 1.60. The zero-order chi connectivity index (χ0) is 11.8. The molecule has 0 aliphatic carbocycles. The Morgan fingerprint density at radius 1 is 1.69 bits per heavy atom. The molecular weight excluding hydrogens is 222 g/mol. The number of aromatic nitrogens is 3. The Morgan fingerprint density at radius 3 is 3.12 bits per heavy atom. The first-order valence-corrected chi connectivity index (χ1v) is 5.83. The quantitative estimate of drug-likeness (QED) is 0.773. The number of nitrogens with one attached hydrogen (secondary N) is 1. The van der Waals surface area contributed by atoms with Gasteiger partial charge < -0.3 is 5.32 Å². The fourth-order valence-corrected chi connectivity index (χ4v) is 1.67. The number of amidine groups is 1. The van der Waals surface area contributed by atoms with Crippen molar-refractivity contribution in [1.82, 2.24) is 14.8 Å². The second-order valence-corrected chi connectivity index (χ2v) is 5.99. The Morgan fingerprint density at radius 2 is 2.44 bits per heavy atom. The van der Waals surface area contributed by atoms with Crippen molar-refractivity contribution in [3.63, 3.8) is 0 Å². The van der Waals surface area contributed by atoms with Gasteiger partial charge in [0.25, 0.3) is 0 Å². The Kier molecular flexibility index (Phi) is 2.92. The minimum absolute atomic E-state index is 0.0803. The molecule has 6 heteroatoms. The molecule has 1 aromatic heterocycles. The summed E-state index contributed by atoms with van der Waals surface area (Å²) in [6.07, 6.45) is 2.42. The van der Waals surface area contributed by atoms with Gasteiger partial charge >= 0.3 is 0 Å². The van der Waals surface area contributed by atoms with Crippen molar-refractivity contribution in [3.8, 4) is 0 Å². The normalized spacial score (nSPS) is 23.0. The van der Waals surface area contributed by atoms with E-state index in [0.717, 1.165) is 18.2 Å². The molecule has 0 saturated carbocycles. The lowest BCUT2D eigenvalue weighted by Gasteiger charge is -2.23. The highest BCUT2D eigenvalue weighted by Gasteiger charge is 2.21. The molecule has 1 aliphatic heterocycles. The molecule has 0 aromatic carbocycles. The molecule has 1 N–H and O–H groups in total. The number of rotatable bonds is 2. The molecule has 0 fully saturated rings. The van der Waals surface area contributed by atoms with Crippen molar-refractivity contribution in [2.24, 2.45) is 4.99 Å². The van der Waals surface area contributed by atoms with Crippen LogP contribution in [0.2, 0.25) is 0 Å². The summed E-state index contributed by atoms with van der Waals surface area (Å²) >= 11 is 4.45. The van der Waals surface area contributed by atoms with E-state index in [4.69, 9.17) is 0 Å². The number of hydrogen-bond donors (Lipinski definition) is 2. The summed E-state index contributed by atoms with van der Waals surface area (Å²) in [6, 6.07) is 0.306. The lowest BCUT2D eigenvalue weighted by molar-refractivity contribution is 0.500. The van der Waals surface area contributed by atoms with Crippen LogP contribution in [0.1, 0.15) is 33.2 Å². The molecule has 1 unspecified atom stereocenters. The smallest absolute Gasteiger partial charge is 0.226 e. The molecule has 0 spiro atoms. The first kappa shape index (κ1) is 11.4. The van der Waals surface area contributed by atoms with E-state index in [-0.39, 0.29) is 4.75 Å². The summed E-state index contributed by atoms with van der Waals surface area (Å²) in [4.78, 5) is 8.67. The van der Waals surface area contributed by atoms with E-state index < -0.39 is 0 Å². The van der Waals surface area contributed by atoms with Crippen molar-refractivity contribution in [2.75, 3.05) is 11.9 Å². The zero-order valence-corrected chi connectivity index (χ0v) is 10.7. The molecular formula is C10H17N5S. The second-order valence-electron chi connectivity index (χ2n) is 4.78. The summed E-state index contributed by atoms with van der Waals surface area (Å²) in [5, 5.41) is 7.34. The van der Waals surface area contributed by atoms with Crippen LogP contribution in [0.5, 0.6) is 0 Å². The van der Waals surface area contributed by atoms with Crippen molar-refractivity contribution >= 4 is 24.4 Å². The molecule has 2 rings (SSSR count). The monoisotopic (exact) mass is 239 g/mol. The number of fused-ring (bicyclic) bond motifs is 1. The van der Waals surface area contributed by atoms with E-state index in [2.05, 4.69) is 53.8 Å². The predicted molar refractivity (Wildman–Crippen MR) is 68.3 cm³/mol. The lowest BCUT2D eigenvalue weighted by Crippen LogP contribution is -2.29. The minimum Gasteiger partial charge on any atom is -0.313 e. The van der Waals surface area contributed by atoms with Crippen LogP contribution < -0.4 is 5.32 Å². The zero-order valence-electron chi connectivity index (χ0n) is 9.80. The topological polar surface area (TPSA) is 55.1 Å². The van der Waals surface area contributed by atoms with E-state index in [1.165, 1.54) is 0 Å². The summed E-state index contributed by atoms with van der Waals surface area (Å²) < 4.78 is 1.80. The fraction of sp³-hybridized carbons (Fsp3) is 0.700. The molecule has 0 bridgehead atoms. The largest absolute Gasteiger partial charge is 0.313 e. The highest BCUT2D eigenvalue weighted by Crippen LogP contribution is 2.21. The maximum atomic E-state index is 4.53. The standard InChI is InChI=1S/C10H17N5S/c1-7-4-8(11-5-10(2,3)16)14-9-12-6-13-15(7)9/h6-7,16H,4-5H2,1-3H3,(H,11,12,13,14). The Bertz CT molecular complexity index is 404. The van der Waals surface area contributed by atoms with Gasteiger partial charge in [-0.2, -0.15) is 22.7 Å². The van der Waals surface area contributed by atoms with Gasteiger partial charge in [-0.25, -0.2) is 4.68 Å². The van der Waals surface area contributed by atoms with E-state index in [9.17, 15) is 0 Å². The van der Waals surface area contributed by atoms with Crippen molar-refractivity contribution in [1.29, 1.82) is 0 Å². The molecule has 1 aliphatic rings. The summed E-state index contributed by atoms with van der Waals surface area (Å²) in [5.41, 5.74) is 0. The number of thiol groups is 1. The molecule has 2 heterocycles. The predicted octanol–water partition coefficient (Wildman–Crippen LogP) is 1.76. The Balaban J connectivity index is 2.12. The van der Waals surface area contributed by atoms with E-state index in [1.807, 2.05) is 4.68 Å². The first-order valence-electron chi connectivity index (χ1n) is 5.38. The molecule has 1 aromatic rings. The average molecular weight is 239 g/mol. The van der Waals surface area contributed by atoms with Crippen LogP contribution in [0.25, 0.3) is 0 Å². The highest BCUT2D eigenvalue weighted by molar-refractivity contribution is 7.81. The SMILES string of the molecule is CC1CC(=NCC(C)(C)S)Nc2ncnn21. The molecule has 1 atom stereocenters. The highest BCUT2D eigenvalue weighted by atomic mass is 32.1. The maximum Gasteiger partial charge on any atom is 0.226 e. The van der Waals surface area contributed by atoms with Crippen molar-refractivity contribution in [3.05, 3.63) is 6.33 Å². The lowest BCUT2D eigenvalue weighted by atomic mass is 10.2. The van der Waals surface area contributed by atoms with Gasteiger partial charge in [0.05, 0.1) is 12.6 Å². The number of aliphatic imine (C=N–C) groups is 1. The van der Waals surface area contributed by atoms with Gasteiger partial charge in [0, 0.05) is 11.2 Å². The van der Waals surface area contributed by atoms with Gasteiger partial charge in [0.1, 0.15) is 12.2 Å². The third kappa shape index (κ3) is 2.55. The van der Waals surface area contributed by atoms with Crippen LogP contribution in [0.4, 0.5) is 5.95 Å². The molecule has 88 valence electrons. The van der Waals surface area contributed by atoms with Crippen LogP contribution >= 0.6 is 12.6 Å². The van der Waals surface area contributed by atoms with Gasteiger partial charge in [0.15, 0.2) is 0 Å². The van der Waals surface area contributed by atoms with Gasteiger partial charge in [-0.3, -0.25) is 4.99 Å². The third-order valence-electron chi connectivity index (χ3n) is 2.39. The van der Waals surface area contributed by atoms with E-state index >= 15 is 0 Å². The number of hydrogen-bond acceptors (Lipinski definition) is 4. The summed E-state index contributed by atoms with van der Waals surface area (Å²) in [6.45, 7) is 6.91. The van der Waals surface area contributed by atoms with Crippen LogP contribution in [0.15, 0.2) is 11.3 Å². The van der Waals surface area contributed by atoms with Crippen LogP contribution in [0, 0.1) is 0 Å². The third-order valence-corrected chi connectivity index (χ3v) is 2.53. The summed E-state index contributed by atoms with van der Waals surface area (Å²) in [5.74, 6) is 1.74. The van der Waals surface area contributed by atoms with Gasteiger partial charge in [0.2, 0.25) is 5.95 Å². The van der Waals surface area contributed by atoms with Crippen molar-refractivity contribution < 1.29 is 0 Å². The molecule has 0 radical (unpaired) electrons. The van der Waals surface area contributed by atoms with Gasteiger partial charge in [-0.05, 0) is 20.8 Å². The van der Waals surface area contributed by atoms with E-state index in [1.54, 1.807) is 6.33 Å². The average Bonchev–Trinajstić information content (AvgIpc) is 2.62. The van der Waals surface area contributed by atoms with Crippen LogP contribution in [0.3, 0.4) is 0 Å². The minimum atomic E-state index is -0.0803. The maximum absolute atomic E-state index is 4.53. The van der Waals surface area contributed by atoms with Crippen molar-refractivity contribution in [2.45, 2.75) is 38.0 Å². The van der Waals surface area contributed by atoms with Gasteiger partial charge in [-0.1, -0.05) is 0 Å². The summed E-state index contributed by atoms with van der Waals surface area (Å²) in [7, 11) is 0. The molecule has 5 nitrogen and oxygen atoms in total. The number of nitrogens with zero attached hydrogens (tertiary/aromatic N) is 4. The first-order chi connectivity index (χ1) is 7.46. The Labute approximate surface area is 101 Å². The van der Waals surface area contributed by atoms with Gasteiger partial charge in [-0.15, -0.1) is 0 Å². The van der Waals surface area contributed by atoms with Crippen LogP contribution in [-0.2, 0) is 0 Å². The molecule has 0 saturated heterocycles. The molecule has 16 heavy (non-hydrogen) atoms.